The summed E-state index contributed by atoms with van der Waals surface area (Å²) < 4.78 is 45.5. The van der Waals surface area contributed by atoms with Crippen LogP contribution in [0.15, 0.2) is 24.3 Å². The van der Waals surface area contributed by atoms with Crippen LogP contribution < -0.4 is 10.1 Å². The number of carbonyl (C=O) groups excluding carboxylic acids is 2. The third kappa shape index (κ3) is 5.82. The molecule has 1 aromatic rings. The highest BCUT2D eigenvalue weighted by atomic mass is 19.4. The van der Waals surface area contributed by atoms with Gasteiger partial charge in [-0.3, -0.25) is 9.69 Å². The predicted octanol–water partition coefficient (Wildman–Crippen LogP) is 3.92. The Balaban J connectivity index is 1.99. The van der Waals surface area contributed by atoms with Crippen molar-refractivity contribution in [2.75, 3.05) is 11.9 Å². The van der Waals surface area contributed by atoms with E-state index in [1.165, 1.54) is 17.0 Å². The summed E-state index contributed by atoms with van der Waals surface area (Å²) >= 11 is 0. The first-order valence-electron chi connectivity index (χ1n) is 8.11. The highest BCUT2D eigenvalue weighted by molar-refractivity contribution is 5.96. The number of carbonyl (C=O) groups is 2. The molecule has 2 amide bonds. The number of anilines is 1. The zero-order valence-electron chi connectivity index (χ0n) is 14.7. The standard InChI is InChI=1S/C17H21F3N2O4/c1-16(2,3)26-15(24)22-10-4-5-13(22)14(23)21-11-6-8-12(9-7-11)25-17(18,19)20/h6-9,13H,4-5,10H2,1-3H3,(H,21,23)/t13-/m1/s1. The van der Waals surface area contributed by atoms with Gasteiger partial charge in [-0.05, 0) is 57.9 Å². The molecular formula is C17H21F3N2O4. The largest absolute Gasteiger partial charge is 0.573 e. The Labute approximate surface area is 149 Å². The molecule has 0 aromatic heterocycles. The molecule has 9 heteroatoms. The van der Waals surface area contributed by atoms with E-state index in [4.69, 9.17) is 4.74 Å². The average Bonchev–Trinajstić information content (AvgIpc) is 2.95. The van der Waals surface area contributed by atoms with Crippen LogP contribution in [0.5, 0.6) is 5.75 Å². The van der Waals surface area contributed by atoms with Gasteiger partial charge in [-0.15, -0.1) is 13.2 Å². The number of halogens is 3. The minimum absolute atomic E-state index is 0.306. The van der Waals surface area contributed by atoms with Crippen molar-refractivity contribution in [2.24, 2.45) is 0 Å². The average molecular weight is 374 g/mol. The van der Waals surface area contributed by atoms with Crippen molar-refractivity contribution in [3.63, 3.8) is 0 Å². The zero-order chi connectivity index (χ0) is 19.5. The normalized spacial score (nSPS) is 17.8. The third-order valence-corrected chi connectivity index (χ3v) is 3.54. The first kappa shape index (κ1) is 19.9. The molecule has 144 valence electrons. The molecule has 1 N–H and O–H groups in total. The SMILES string of the molecule is CC(C)(C)OC(=O)N1CCC[C@@H]1C(=O)Nc1ccc(OC(F)(F)F)cc1. The maximum Gasteiger partial charge on any atom is 0.573 e. The van der Waals surface area contributed by atoms with Crippen LogP contribution in [0, 0.1) is 0 Å². The summed E-state index contributed by atoms with van der Waals surface area (Å²) in [5.74, 6) is -0.801. The maximum atomic E-state index is 12.4. The van der Waals surface area contributed by atoms with Crippen LogP contribution in [0.2, 0.25) is 0 Å². The molecule has 1 fully saturated rings. The van der Waals surface area contributed by atoms with Gasteiger partial charge in [-0.25, -0.2) is 4.79 Å². The van der Waals surface area contributed by atoms with E-state index in [-0.39, 0.29) is 5.75 Å². The Morgan fingerprint density at radius 1 is 1.15 bits per heavy atom. The number of rotatable bonds is 3. The minimum atomic E-state index is -4.78. The van der Waals surface area contributed by atoms with Crippen LogP contribution in [-0.4, -0.2) is 41.5 Å². The Kier molecular flexibility index (Phi) is 5.68. The van der Waals surface area contributed by atoms with Gasteiger partial charge in [0.2, 0.25) is 5.91 Å². The summed E-state index contributed by atoms with van der Waals surface area (Å²) in [6, 6.07) is 4.11. The van der Waals surface area contributed by atoms with Gasteiger partial charge in [0.05, 0.1) is 0 Å². The van der Waals surface area contributed by atoms with Crippen LogP contribution >= 0.6 is 0 Å². The molecule has 1 atom stereocenters. The highest BCUT2D eigenvalue weighted by Crippen LogP contribution is 2.25. The maximum absolute atomic E-state index is 12.4. The summed E-state index contributed by atoms with van der Waals surface area (Å²) in [4.78, 5) is 26.0. The first-order chi connectivity index (χ1) is 11.9. The van der Waals surface area contributed by atoms with Crippen LogP contribution in [0.3, 0.4) is 0 Å². The zero-order valence-corrected chi connectivity index (χ0v) is 14.7. The van der Waals surface area contributed by atoms with Gasteiger partial charge >= 0.3 is 12.5 Å². The summed E-state index contributed by atoms with van der Waals surface area (Å²) in [6.07, 6.45) is -4.19. The Morgan fingerprint density at radius 2 is 1.77 bits per heavy atom. The Hall–Kier alpha value is -2.45. The van der Waals surface area contributed by atoms with Crippen LogP contribution in [-0.2, 0) is 9.53 Å². The minimum Gasteiger partial charge on any atom is -0.444 e. The second-order valence-corrected chi connectivity index (χ2v) is 6.89. The number of likely N-dealkylation sites (tertiary alicyclic amines) is 1. The van der Waals surface area contributed by atoms with Crippen LogP contribution in [0.1, 0.15) is 33.6 Å². The lowest BCUT2D eigenvalue weighted by Crippen LogP contribution is -2.45. The number of hydrogen-bond acceptors (Lipinski definition) is 4. The van der Waals surface area contributed by atoms with E-state index in [1.54, 1.807) is 20.8 Å². The van der Waals surface area contributed by atoms with E-state index in [1.807, 2.05) is 0 Å². The molecule has 0 saturated carbocycles. The molecule has 0 unspecified atom stereocenters. The molecule has 2 rings (SSSR count). The van der Waals surface area contributed by atoms with E-state index in [9.17, 15) is 22.8 Å². The molecule has 0 radical (unpaired) electrons. The number of ether oxygens (including phenoxy) is 2. The number of benzene rings is 1. The van der Waals surface area contributed by atoms with E-state index < -0.39 is 30.0 Å². The Bertz CT molecular complexity index is 653. The van der Waals surface area contributed by atoms with Gasteiger partial charge in [0.1, 0.15) is 17.4 Å². The molecule has 26 heavy (non-hydrogen) atoms. The van der Waals surface area contributed by atoms with Crippen molar-refractivity contribution < 1.29 is 32.2 Å². The summed E-state index contributed by atoms with van der Waals surface area (Å²) in [5, 5.41) is 2.60. The molecule has 1 saturated heterocycles. The van der Waals surface area contributed by atoms with Crippen LogP contribution in [0.4, 0.5) is 23.7 Å². The quantitative estimate of drug-likeness (QED) is 0.871. The lowest BCUT2D eigenvalue weighted by atomic mass is 10.2. The van der Waals surface area contributed by atoms with E-state index in [0.29, 0.717) is 25.1 Å². The second-order valence-electron chi connectivity index (χ2n) is 6.89. The highest BCUT2D eigenvalue weighted by Gasteiger charge is 2.36. The number of hydrogen-bond donors (Lipinski definition) is 1. The summed E-state index contributed by atoms with van der Waals surface area (Å²) in [7, 11) is 0. The number of nitrogens with one attached hydrogen (secondary N) is 1. The van der Waals surface area contributed by atoms with Gasteiger partial charge in [-0.1, -0.05) is 0 Å². The summed E-state index contributed by atoms with van der Waals surface area (Å²) in [5.41, 5.74) is -0.366. The molecule has 1 aliphatic heterocycles. The van der Waals surface area contributed by atoms with Gasteiger partial charge in [-0.2, -0.15) is 0 Å². The number of amides is 2. The van der Waals surface area contributed by atoms with E-state index in [0.717, 1.165) is 12.1 Å². The molecule has 0 bridgehead atoms. The molecule has 0 aliphatic carbocycles. The molecule has 1 aromatic carbocycles. The number of alkyl halides is 3. The molecule has 1 aliphatic rings. The molecule has 1 heterocycles. The van der Waals surface area contributed by atoms with Crippen molar-refractivity contribution >= 4 is 17.7 Å². The van der Waals surface area contributed by atoms with Crippen LogP contribution in [0.25, 0.3) is 0 Å². The lowest BCUT2D eigenvalue weighted by Gasteiger charge is -2.28. The fourth-order valence-corrected chi connectivity index (χ4v) is 2.54. The summed E-state index contributed by atoms with van der Waals surface area (Å²) in [6.45, 7) is 5.62. The second kappa shape index (κ2) is 7.43. The van der Waals surface area contributed by atoms with E-state index in [2.05, 4.69) is 10.1 Å². The van der Waals surface area contributed by atoms with Gasteiger partial charge in [0.15, 0.2) is 0 Å². The molecule has 6 nitrogen and oxygen atoms in total. The fraction of sp³-hybridized carbons (Fsp3) is 0.529. The van der Waals surface area contributed by atoms with Crippen molar-refractivity contribution in [1.29, 1.82) is 0 Å². The van der Waals surface area contributed by atoms with Crippen molar-refractivity contribution in [3.8, 4) is 5.75 Å². The third-order valence-electron chi connectivity index (χ3n) is 3.54. The van der Waals surface area contributed by atoms with Crippen molar-refractivity contribution in [1.82, 2.24) is 4.90 Å². The first-order valence-corrected chi connectivity index (χ1v) is 8.11. The topological polar surface area (TPSA) is 67.9 Å². The molecule has 0 spiro atoms. The van der Waals surface area contributed by atoms with Gasteiger partial charge < -0.3 is 14.8 Å². The van der Waals surface area contributed by atoms with Gasteiger partial charge in [0.25, 0.3) is 0 Å². The van der Waals surface area contributed by atoms with Crippen molar-refractivity contribution in [3.05, 3.63) is 24.3 Å². The molecular weight excluding hydrogens is 353 g/mol. The fourth-order valence-electron chi connectivity index (χ4n) is 2.54. The lowest BCUT2D eigenvalue weighted by molar-refractivity contribution is -0.274. The Morgan fingerprint density at radius 3 is 2.31 bits per heavy atom. The van der Waals surface area contributed by atoms with E-state index >= 15 is 0 Å². The smallest absolute Gasteiger partial charge is 0.444 e. The van der Waals surface area contributed by atoms with Crippen molar-refractivity contribution in [2.45, 2.75) is 51.6 Å². The van der Waals surface area contributed by atoms with Gasteiger partial charge in [0, 0.05) is 12.2 Å². The monoisotopic (exact) mass is 374 g/mol. The number of nitrogens with zero attached hydrogens (tertiary/aromatic N) is 1. The predicted molar refractivity (Wildman–Crippen MR) is 87.7 cm³/mol.